The van der Waals surface area contributed by atoms with E-state index in [0.29, 0.717) is 6.04 Å². The van der Waals surface area contributed by atoms with Crippen LogP contribution < -0.4 is 0 Å². The van der Waals surface area contributed by atoms with Crippen molar-refractivity contribution >= 4 is 0 Å². The van der Waals surface area contributed by atoms with Gasteiger partial charge in [0.15, 0.2) is 0 Å². The quantitative estimate of drug-likeness (QED) is 0.622. The van der Waals surface area contributed by atoms with Gasteiger partial charge < -0.3 is 4.90 Å². The largest absolute Gasteiger partial charge is 0.306 e. The maximum absolute atomic E-state index is 4.88. The smallest absolute Gasteiger partial charge is 0.0970 e. The molecule has 1 aromatic heterocycles. The van der Waals surface area contributed by atoms with Crippen molar-refractivity contribution in [1.29, 1.82) is 0 Å². The highest BCUT2D eigenvalue weighted by molar-refractivity contribution is 5.64. The average molecular weight is 389 g/mol. The molecule has 4 rings (SSSR count). The molecule has 1 aliphatic heterocycles. The van der Waals surface area contributed by atoms with Gasteiger partial charge in [0.05, 0.1) is 5.69 Å². The van der Waals surface area contributed by atoms with E-state index in [0.717, 1.165) is 18.8 Å². The highest BCUT2D eigenvalue weighted by atomic mass is 15.3. The summed E-state index contributed by atoms with van der Waals surface area (Å²) in [5, 5.41) is 4.88. The van der Waals surface area contributed by atoms with Crippen molar-refractivity contribution in [2.45, 2.75) is 38.9 Å². The van der Waals surface area contributed by atoms with E-state index in [9.17, 15) is 0 Å². The summed E-state index contributed by atoms with van der Waals surface area (Å²) in [5.41, 5.74) is 6.32. The maximum Gasteiger partial charge on any atom is 0.0970 e. The number of aromatic nitrogens is 2. The van der Waals surface area contributed by atoms with Gasteiger partial charge in [-0.1, -0.05) is 60.7 Å². The van der Waals surface area contributed by atoms with Crippen molar-refractivity contribution in [3.05, 3.63) is 77.5 Å². The summed E-state index contributed by atoms with van der Waals surface area (Å²) in [6.07, 6.45) is 2.45. The fourth-order valence-electron chi connectivity index (χ4n) is 4.36. The number of piperidine rings is 1. The maximum atomic E-state index is 4.88. The Bertz CT molecular complexity index is 909. The third-order valence-electron chi connectivity index (χ3n) is 6.30. The molecule has 4 nitrogen and oxygen atoms in total. The Balaban J connectivity index is 1.65. The molecule has 2 aromatic carbocycles. The van der Waals surface area contributed by atoms with Gasteiger partial charge >= 0.3 is 0 Å². The van der Waals surface area contributed by atoms with Crippen LogP contribution in [-0.4, -0.2) is 45.8 Å². The van der Waals surface area contributed by atoms with Gasteiger partial charge in [-0.2, -0.15) is 5.10 Å². The molecule has 1 saturated heterocycles. The zero-order chi connectivity index (χ0) is 20.2. The third-order valence-corrected chi connectivity index (χ3v) is 6.30. The van der Waals surface area contributed by atoms with Crippen molar-refractivity contribution in [2.75, 3.05) is 20.1 Å². The van der Waals surface area contributed by atoms with Crippen LogP contribution in [0.1, 0.15) is 29.7 Å². The first-order chi connectivity index (χ1) is 14.1. The highest BCUT2D eigenvalue weighted by Gasteiger charge is 2.26. The van der Waals surface area contributed by atoms with Gasteiger partial charge in [-0.05, 0) is 45.5 Å². The predicted octanol–water partition coefficient (Wildman–Crippen LogP) is 4.49. The molecule has 0 aliphatic carbocycles. The second-order valence-corrected chi connectivity index (χ2v) is 8.33. The molecule has 4 heteroatoms. The van der Waals surface area contributed by atoms with Gasteiger partial charge in [0.2, 0.25) is 0 Å². The first-order valence-electron chi connectivity index (χ1n) is 10.7. The van der Waals surface area contributed by atoms with Gasteiger partial charge in [-0.15, -0.1) is 0 Å². The zero-order valence-electron chi connectivity index (χ0n) is 17.9. The molecule has 0 bridgehead atoms. The van der Waals surface area contributed by atoms with Crippen molar-refractivity contribution < 1.29 is 0 Å². The molecule has 1 aliphatic rings. The third kappa shape index (κ3) is 4.60. The summed E-state index contributed by atoms with van der Waals surface area (Å²) in [5.74, 6) is 0. The molecular weight excluding hydrogens is 356 g/mol. The summed E-state index contributed by atoms with van der Waals surface area (Å²) in [4.78, 5) is 5.13. The van der Waals surface area contributed by atoms with Crippen LogP contribution in [0.2, 0.25) is 0 Å². The molecular formula is C25H32N4. The van der Waals surface area contributed by atoms with Crippen LogP contribution in [0.15, 0.2) is 60.7 Å². The van der Waals surface area contributed by atoms with Crippen LogP contribution in [0.5, 0.6) is 0 Å². The van der Waals surface area contributed by atoms with Crippen LogP contribution in [0.3, 0.4) is 0 Å². The number of hydrogen-bond donors (Lipinski definition) is 0. The molecule has 29 heavy (non-hydrogen) atoms. The Hall–Kier alpha value is -2.43. The molecule has 0 radical (unpaired) electrons. The molecule has 0 unspecified atom stereocenters. The van der Waals surface area contributed by atoms with E-state index in [1.165, 1.54) is 48.3 Å². The molecule has 0 saturated carbocycles. The van der Waals surface area contributed by atoms with Crippen LogP contribution in [0.4, 0.5) is 0 Å². The Morgan fingerprint density at radius 2 is 1.52 bits per heavy atom. The molecule has 0 amide bonds. The second kappa shape index (κ2) is 8.93. The van der Waals surface area contributed by atoms with E-state index < -0.39 is 0 Å². The van der Waals surface area contributed by atoms with Crippen molar-refractivity contribution in [2.24, 2.45) is 7.05 Å². The normalized spacial score (nSPS) is 15.9. The summed E-state index contributed by atoms with van der Waals surface area (Å²) >= 11 is 0. The van der Waals surface area contributed by atoms with E-state index in [1.807, 2.05) is 4.68 Å². The first kappa shape index (κ1) is 19.9. The Morgan fingerprint density at radius 3 is 2.17 bits per heavy atom. The van der Waals surface area contributed by atoms with Gasteiger partial charge in [-0.3, -0.25) is 9.58 Å². The number of nitrogens with zero attached hydrogens (tertiary/aromatic N) is 4. The minimum Gasteiger partial charge on any atom is -0.306 e. The number of likely N-dealkylation sites (tertiary alicyclic amines) is 1. The molecule has 2 heterocycles. The van der Waals surface area contributed by atoms with Gasteiger partial charge in [0.1, 0.15) is 0 Å². The molecule has 1 fully saturated rings. The number of aryl methyl sites for hydroxylation is 1. The van der Waals surface area contributed by atoms with Crippen LogP contribution in [-0.2, 0) is 20.1 Å². The fraction of sp³-hybridized carbons (Fsp3) is 0.400. The second-order valence-electron chi connectivity index (χ2n) is 8.33. The Labute approximate surface area is 174 Å². The minimum absolute atomic E-state index is 0.606. The van der Waals surface area contributed by atoms with E-state index in [4.69, 9.17) is 5.10 Å². The molecule has 152 valence electrons. The highest BCUT2D eigenvalue weighted by Crippen LogP contribution is 2.29. The standard InChI is InChI=1S/C25H32N4/c1-20-24(25(26-28(20)3)22-12-8-5-9-13-22)19-29(18-21-10-6-4-7-11-21)23-14-16-27(2)17-15-23/h4-13,23H,14-19H2,1-3H3. The summed E-state index contributed by atoms with van der Waals surface area (Å²) in [7, 11) is 4.29. The average Bonchev–Trinajstić information content (AvgIpc) is 3.04. The monoisotopic (exact) mass is 388 g/mol. The van der Waals surface area contributed by atoms with E-state index in [-0.39, 0.29) is 0 Å². The summed E-state index contributed by atoms with van der Waals surface area (Å²) in [6, 6.07) is 22.1. The zero-order valence-corrected chi connectivity index (χ0v) is 17.9. The number of benzene rings is 2. The Morgan fingerprint density at radius 1 is 0.897 bits per heavy atom. The van der Waals surface area contributed by atoms with Crippen molar-refractivity contribution in [1.82, 2.24) is 19.6 Å². The number of hydrogen-bond acceptors (Lipinski definition) is 3. The lowest BCUT2D eigenvalue weighted by Gasteiger charge is -2.37. The lowest BCUT2D eigenvalue weighted by molar-refractivity contribution is 0.108. The molecule has 0 N–H and O–H groups in total. The lowest BCUT2D eigenvalue weighted by atomic mass is 10.00. The van der Waals surface area contributed by atoms with E-state index >= 15 is 0 Å². The van der Waals surface area contributed by atoms with Crippen LogP contribution in [0, 0.1) is 6.92 Å². The summed E-state index contributed by atoms with van der Waals surface area (Å²) < 4.78 is 2.03. The van der Waals surface area contributed by atoms with Gasteiger partial charge in [0, 0.05) is 43.0 Å². The minimum atomic E-state index is 0.606. The SMILES string of the molecule is Cc1c(CN(Cc2ccccc2)C2CCN(C)CC2)c(-c2ccccc2)nn1C. The van der Waals surface area contributed by atoms with Gasteiger partial charge in [-0.25, -0.2) is 0 Å². The topological polar surface area (TPSA) is 24.3 Å². The van der Waals surface area contributed by atoms with Crippen LogP contribution >= 0.6 is 0 Å². The Kier molecular flexibility index (Phi) is 6.12. The predicted molar refractivity (Wildman–Crippen MR) is 120 cm³/mol. The van der Waals surface area contributed by atoms with Crippen molar-refractivity contribution in [3.63, 3.8) is 0 Å². The lowest BCUT2D eigenvalue weighted by Crippen LogP contribution is -2.43. The first-order valence-corrected chi connectivity index (χ1v) is 10.7. The number of rotatable bonds is 6. The van der Waals surface area contributed by atoms with E-state index in [1.54, 1.807) is 0 Å². The molecule has 0 spiro atoms. The molecule has 3 aromatic rings. The molecule has 0 atom stereocenters. The fourth-order valence-corrected chi connectivity index (χ4v) is 4.36. The van der Waals surface area contributed by atoms with Gasteiger partial charge in [0.25, 0.3) is 0 Å². The van der Waals surface area contributed by atoms with E-state index in [2.05, 4.69) is 91.5 Å². The van der Waals surface area contributed by atoms with Crippen LogP contribution in [0.25, 0.3) is 11.3 Å². The van der Waals surface area contributed by atoms with Crippen molar-refractivity contribution in [3.8, 4) is 11.3 Å². The summed E-state index contributed by atoms with van der Waals surface area (Å²) in [6.45, 7) is 6.47.